The number of likely N-dealkylation sites (tertiary alicyclic amines) is 1. The number of amides is 1. The second-order valence-corrected chi connectivity index (χ2v) is 5.87. The van der Waals surface area contributed by atoms with E-state index in [-0.39, 0.29) is 12.5 Å². The first kappa shape index (κ1) is 12.9. The zero-order chi connectivity index (χ0) is 14.3. The monoisotopic (exact) mass is 291 g/mol. The van der Waals surface area contributed by atoms with Gasteiger partial charge >= 0.3 is 5.97 Å². The molecule has 0 bridgehead atoms. The molecule has 1 aliphatic heterocycles. The number of aliphatic carboxylic acids is 1. The van der Waals surface area contributed by atoms with Gasteiger partial charge in [0.2, 0.25) is 0 Å². The highest BCUT2D eigenvalue weighted by atomic mass is 32.1. The maximum absolute atomic E-state index is 12.4. The molecular formula is C13H13N3O3S. The summed E-state index contributed by atoms with van der Waals surface area (Å²) in [5, 5.41) is 9.44. The number of carboxylic acid groups (broad SMARTS) is 1. The Morgan fingerprint density at radius 3 is 2.95 bits per heavy atom. The van der Waals surface area contributed by atoms with Crippen LogP contribution in [0, 0.1) is 5.92 Å². The number of benzene rings is 1. The number of fused-ring (bicyclic) bond motifs is 1. The van der Waals surface area contributed by atoms with Crippen LogP contribution in [0.15, 0.2) is 18.2 Å². The van der Waals surface area contributed by atoms with Crippen molar-refractivity contribution >= 4 is 38.6 Å². The van der Waals surface area contributed by atoms with Crippen molar-refractivity contribution in [1.29, 1.82) is 0 Å². The summed E-state index contributed by atoms with van der Waals surface area (Å²) in [6.45, 7) is 0.760. The molecular weight excluding hydrogens is 278 g/mol. The summed E-state index contributed by atoms with van der Waals surface area (Å²) in [5.41, 5.74) is 6.96. The molecule has 0 radical (unpaired) electrons. The van der Waals surface area contributed by atoms with Crippen molar-refractivity contribution < 1.29 is 14.7 Å². The summed E-state index contributed by atoms with van der Waals surface area (Å²) in [4.78, 5) is 29.0. The molecule has 1 aromatic heterocycles. The maximum Gasteiger partial charge on any atom is 0.308 e. The zero-order valence-electron chi connectivity index (χ0n) is 10.6. The summed E-state index contributed by atoms with van der Waals surface area (Å²) in [6.07, 6.45) is 0.511. The highest BCUT2D eigenvalue weighted by molar-refractivity contribution is 7.22. The molecule has 1 atom stereocenters. The molecule has 0 aliphatic carbocycles. The second-order valence-electron chi connectivity index (χ2n) is 4.81. The Hall–Kier alpha value is -2.15. The Kier molecular flexibility index (Phi) is 3.06. The van der Waals surface area contributed by atoms with Crippen LogP contribution in [-0.2, 0) is 4.79 Å². The van der Waals surface area contributed by atoms with E-state index in [1.165, 1.54) is 11.3 Å². The quantitative estimate of drug-likeness (QED) is 0.872. The van der Waals surface area contributed by atoms with Crippen molar-refractivity contribution in [2.24, 2.45) is 5.92 Å². The minimum atomic E-state index is -0.842. The van der Waals surface area contributed by atoms with Gasteiger partial charge in [-0.3, -0.25) is 9.59 Å². The van der Waals surface area contributed by atoms with Crippen LogP contribution in [0.25, 0.3) is 10.2 Å². The number of nitrogens with zero attached hydrogens (tertiary/aromatic N) is 2. The van der Waals surface area contributed by atoms with Gasteiger partial charge in [0.05, 0.1) is 16.1 Å². The number of nitrogen functional groups attached to an aromatic ring is 1. The lowest BCUT2D eigenvalue weighted by Gasteiger charge is -2.15. The molecule has 1 amide bonds. The largest absolute Gasteiger partial charge is 0.481 e. The van der Waals surface area contributed by atoms with Gasteiger partial charge in [-0.15, -0.1) is 0 Å². The van der Waals surface area contributed by atoms with Crippen molar-refractivity contribution in [1.82, 2.24) is 9.88 Å². The van der Waals surface area contributed by atoms with Crippen molar-refractivity contribution in [3.63, 3.8) is 0 Å². The predicted octanol–water partition coefficient (Wildman–Crippen LogP) is 1.43. The van der Waals surface area contributed by atoms with Gasteiger partial charge < -0.3 is 15.7 Å². The number of carbonyl (C=O) groups is 2. The number of rotatable bonds is 2. The minimum Gasteiger partial charge on any atom is -0.481 e. The van der Waals surface area contributed by atoms with Crippen LogP contribution < -0.4 is 5.73 Å². The molecule has 7 heteroatoms. The molecule has 1 unspecified atom stereocenters. The van der Waals surface area contributed by atoms with Gasteiger partial charge in [0.25, 0.3) is 5.91 Å². The van der Waals surface area contributed by atoms with Crippen molar-refractivity contribution in [2.45, 2.75) is 6.42 Å². The fraction of sp³-hybridized carbons (Fsp3) is 0.308. The van der Waals surface area contributed by atoms with Crippen molar-refractivity contribution in [3.8, 4) is 0 Å². The lowest BCUT2D eigenvalue weighted by Crippen LogP contribution is -2.29. The fourth-order valence-corrected chi connectivity index (χ4v) is 3.18. The lowest BCUT2D eigenvalue weighted by atomic mass is 10.1. The lowest BCUT2D eigenvalue weighted by molar-refractivity contribution is -0.141. The average Bonchev–Trinajstić information content (AvgIpc) is 3.02. The van der Waals surface area contributed by atoms with Gasteiger partial charge in [-0.2, -0.15) is 0 Å². The van der Waals surface area contributed by atoms with E-state index >= 15 is 0 Å². The first-order valence-electron chi connectivity index (χ1n) is 6.23. The smallest absolute Gasteiger partial charge is 0.308 e. The molecule has 1 aliphatic rings. The van der Waals surface area contributed by atoms with E-state index in [0.717, 1.165) is 10.2 Å². The number of thiazole rings is 1. The zero-order valence-corrected chi connectivity index (χ0v) is 11.4. The van der Waals surface area contributed by atoms with Crippen LogP contribution >= 0.6 is 11.3 Å². The maximum atomic E-state index is 12.4. The van der Waals surface area contributed by atoms with E-state index in [2.05, 4.69) is 4.98 Å². The highest BCUT2D eigenvalue weighted by Gasteiger charge is 2.31. The van der Waals surface area contributed by atoms with Crippen molar-refractivity contribution in [3.05, 3.63) is 23.8 Å². The Bertz CT molecular complexity index is 697. The molecule has 3 rings (SSSR count). The van der Waals surface area contributed by atoms with Gasteiger partial charge in [-0.25, -0.2) is 4.98 Å². The molecule has 20 heavy (non-hydrogen) atoms. The standard InChI is InChI=1S/C13H13N3O3S/c14-13-15-9-2-1-7(5-10(9)20-13)11(17)16-4-3-8(6-16)12(18)19/h1-2,5,8H,3-4,6H2,(H2,14,15)(H,18,19). The summed E-state index contributed by atoms with van der Waals surface area (Å²) < 4.78 is 0.863. The molecule has 2 heterocycles. The molecule has 0 saturated carbocycles. The third kappa shape index (κ3) is 2.20. The van der Waals surface area contributed by atoms with Gasteiger partial charge in [-0.1, -0.05) is 11.3 Å². The molecule has 104 valence electrons. The second kappa shape index (κ2) is 4.75. The predicted molar refractivity (Wildman–Crippen MR) is 75.7 cm³/mol. The van der Waals surface area contributed by atoms with E-state index in [4.69, 9.17) is 10.8 Å². The third-order valence-electron chi connectivity index (χ3n) is 3.48. The summed E-state index contributed by atoms with van der Waals surface area (Å²) in [5.74, 6) is -1.43. The van der Waals surface area contributed by atoms with Crippen LogP contribution in [0.1, 0.15) is 16.8 Å². The first-order chi connectivity index (χ1) is 9.54. The molecule has 3 N–H and O–H groups in total. The number of hydrogen-bond acceptors (Lipinski definition) is 5. The third-order valence-corrected chi connectivity index (χ3v) is 4.32. The van der Waals surface area contributed by atoms with Crippen molar-refractivity contribution in [2.75, 3.05) is 18.8 Å². The normalized spacial score (nSPS) is 18.6. The van der Waals surface area contributed by atoms with E-state index in [1.54, 1.807) is 23.1 Å². The Morgan fingerprint density at radius 1 is 1.45 bits per heavy atom. The highest BCUT2D eigenvalue weighted by Crippen LogP contribution is 2.26. The first-order valence-corrected chi connectivity index (χ1v) is 7.04. The van der Waals surface area contributed by atoms with E-state index in [0.29, 0.717) is 23.7 Å². The number of nitrogens with two attached hydrogens (primary N) is 1. The number of carbonyl (C=O) groups excluding carboxylic acids is 1. The number of carboxylic acids is 1. The van der Waals surface area contributed by atoms with E-state index in [9.17, 15) is 9.59 Å². The molecule has 2 aromatic rings. The van der Waals surface area contributed by atoms with Gasteiger partial charge in [-0.05, 0) is 24.6 Å². The Morgan fingerprint density at radius 2 is 2.25 bits per heavy atom. The van der Waals surface area contributed by atoms with Gasteiger partial charge in [0.15, 0.2) is 5.13 Å². The summed E-state index contributed by atoms with van der Waals surface area (Å²) in [6, 6.07) is 5.23. The van der Waals surface area contributed by atoms with Crippen LogP contribution in [0.3, 0.4) is 0 Å². The van der Waals surface area contributed by atoms with Crippen LogP contribution in [0.5, 0.6) is 0 Å². The SMILES string of the molecule is Nc1nc2ccc(C(=O)N3CCC(C(=O)O)C3)cc2s1. The Labute approximate surface area is 118 Å². The van der Waals surface area contributed by atoms with Crippen LogP contribution in [0.2, 0.25) is 0 Å². The molecule has 0 spiro atoms. The van der Waals surface area contributed by atoms with E-state index < -0.39 is 11.9 Å². The topological polar surface area (TPSA) is 96.5 Å². The average molecular weight is 291 g/mol. The summed E-state index contributed by atoms with van der Waals surface area (Å²) in [7, 11) is 0. The number of anilines is 1. The number of aromatic nitrogens is 1. The molecule has 1 fully saturated rings. The van der Waals surface area contributed by atoms with E-state index in [1.807, 2.05) is 0 Å². The molecule has 6 nitrogen and oxygen atoms in total. The van der Waals surface area contributed by atoms with Crippen LogP contribution in [-0.4, -0.2) is 40.0 Å². The molecule has 1 aromatic carbocycles. The Balaban J connectivity index is 1.83. The number of hydrogen-bond donors (Lipinski definition) is 2. The van der Waals surface area contributed by atoms with Gasteiger partial charge in [0, 0.05) is 18.7 Å². The minimum absolute atomic E-state index is 0.136. The summed E-state index contributed by atoms with van der Waals surface area (Å²) >= 11 is 1.33. The fourth-order valence-electron chi connectivity index (χ4n) is 2.40. The van der Waals surface area contributed by atoms with Gasteiger partial charge in [0.1, 0.15) is 0 Å². The molecule has 1 saturated heterocycles. The van der Waals surface area contributed by atoms with Crippen LogP contribution in [0.4, 0.5) is 5.13 Å².